The van der Waals surface area contributed by atoms with Crippen molar-refractivity contribution in [2.45, 2.75) is 12.1 Å². The molecule has 18 heavy (non-hydrogen) atoms. The van der Waals surface area contributed by atoms with Gasteiger partial charge in [0.15, 0.2) is 17.5 Å². The predicted molar refractivity (Wildman–Crippen MR) is 46.0 cm³/mol. The molecule has 1 N–H and O–H groups in total. The highest BCUT2D eigenvalue weighted by Crippen LogP contribution is 2.42. The third-order valence-corrected chi connectivity index (χ3v) is 2.18. The van der Waals surface area contributed by atoms with Crippen LogP contribution < -0.4 is 0 Å². The van der Waals surface area contributed by atoms with Crippen molar-refractivity contribution in [1.29, 1.82) is 0 Å². The summed E-state index contributed by atoms with van der Waals surface area (Å²) in [6, 6.07) is 0.880. The molecule has 98 valence electrons. The highest BCUT2D eigenvalue weighted by molar-refractivity contribution is 5.75. The first-order chi connectivity index (χ1) is 8.13. The van der Waals surface area contributed by atoms with Crippen LogP contribution in [0.4, 0.5) is 30.7 Å². The summed E-state index contributed by atoms with van der Waals surface area (Å²) in [6.07, 6.45) is -5.85. The van der Waals surface area contributed by atoms with Crippen molar-refractivity contribution in [3.05, 3.63) is 29.6 Å². The fraction of sp³-hybridized carbons (Fsp3) is 0.222. The number of H-pyrrole nitrogens is 1. The van der Waals surface area contributed by atoms with Gasteiger partial charge in [-0.3, -0.25) is 0 Å². The van der Waals surface area contributed by atoms with Crippen LogP contribution in [0.15, 0.2) is 12.1 Å². The summed E-state index contributed by atoms with van der Waals surface area (Å²) in [6.45, 7) is 0. The smallest absolute Gasteiger partial charge is 0.336 e. The van der Waals surface area contributed by atoms with Crippen LogP contribution in [-0.4, -0.2) is 16.1 Å². The number of halogens is 7. The first kappa shape index (κ1) is 12.7. The Kier molecular flexibility index (Phi) is 2.53. The van der Waals surface area contributed by atoms with E-state index in [-0.39, 0.29) is 0 Å². The number of hydrogen-bond acceptors (Lipinski definition) is 1. The lowest BCUT2D eigenvalue weighted by molar-refractivity contribution is -0.292. The Bertz CT molecular complexity index is 560. The van der Waals surface area contributed by atoms with Gasteiger partial charge in [-0.1, -0.05) is 0 Å². The number of aromatic nitrogens is 2. The van der Waals surface area contributed by atoms with Gasteiger partial charge in [-0.2, -0.15) is 22.0 Å². The lowest BCUT2D eigenvalue weighted by Gasteiger charge is -2.16. The zero-order valence-electron chi connectivity index (χ0n) is 8.25. The first-order valence-corrected chi connectivity index (χ1v) is 4.42. The topological polar surface area (TPSA) is 28.7 Å². The van der Waals surface area contributed by atoms with E-state index in [4.69, 9.17) is 0 Å². The Hall–Kier alpha value is -1.80. The van der Waals surface area contributed by atoms with E-state index in [1.807, 2.05) is 0 Å². The molecule has 0 bridgehead atoms. The second-order valence-corrected chi connectivity index (χ2v) is 3.44. The van der Waals surface area contributed by atoms with Crippen LogP contribution in [0, 0.1) is 11.6 Å². The van der Waals surface area contributed by atoms with E-state index in [9.17, 15) is 30.7 Å². The molecular formula is C9H3F7N2. The zero-order valence-corrected chi connectivity index (χ0v) is 8.25. The molecule has 0 fully saturated rings. The minimum atomic E-state index is -5.85. The Balaban J connectivity index is 2.61. The number of benzene rings is 1. The van der Waals surface area contributed by atoms with Crippen molar-refractivity contribution in [1.82, 2.24) is 9.97 Å². The largest absolute Gasteiger partial charge is 0.461 e. The van der Waals surface area contributed by atoms with Crippen molar-refractivity contribution in [2.24, 2.45) is 0 Å². The standard InChI is InChI=1S/C9H3F7N2/c10-3-1-5-6(2-4(3)11)18-7(17-5)8(12,13)9(14,15)16/h1-2H,(H,17,18). The lowest BCUT2D eigenvalue weighted by Crippen LogP contribution is -2.34. The number of hydrogen-bond donors (Lipinski definition) is 1. The van der Waals surface area contributed by atoms with Gasteiger partial charge >= 0.3 is 12.1 Å². The van der Waals surface area contributed by atoms with Crippen LogP contribution in [0.25, 0.3) is 11.0 Å². The summed E-state index contributed by atoms with van der Waals surface area (Å²) in [5, 5.41) is 0. The van der Waals surface area contributed by atoms with Crippen molar-refractivity contribution in [3.63, 3.8) is 0 Å². The number of nitrogens with one attached hydrogen (secondary N) is 1. The molecule has 0 radical (unpaired) electrons. The van der Waals surface area contributed by atoms with Crippen molar-refractivity contribution in [2.75, 3.05) is 0 Å². The average molecular weight is 272 g/mol. The third-order valence-electron chi connectivity index (χ3n) is 2.18. The van der Waals surface area contributed by atoms with Gasteiger partial charge in [0.25, 0.3) is 0 Å². The fourth-order valence-electron chi connectivity index (χ4n) is 1.29. The Labute approximate surface area is 94.4 Å². The van der Waals surface area contributed by atoms with Gasteiger partial charge in [0.1, 0.15) is 0 Å². The maximum Gasteiger partial charge on any atom is 0.461 e. The predicted octanol–water partition coefficient (Wildman–Crippen LogP) is 3.50. The highest BCUT2D eigenvalue weighted by Gasteiger charge is 2.61. The van der Waals surface area contributed by atoms with Crippen LogP contribution in [0.3, 0.4) is 0 Å². The van der Waals surface area contributed by atoms with Crippen LogP contribution in [0.1, 0.15) is 5.82 Å². The summed E-state index contributed by atoms with van der Waals surface area (Å²) in [5.74, 6) is -9.71. The molecule has 0 amide bonds. The molecule has 1 aromatic heterocycles. The Morgan fingerprint density at radius 3 is 2.06 bits per heavy atom. The number of rotatable bonds is 1. The molecule has 2 aromatic rings. The van der Waals surface area contributed by atoms with Gasteiger partial charge in [-0.05, 0) is 0 Å². The quantitative estimate of drug-likeness (QED) is 0.791. The van der Waals surface area contributed by atoms with E-state index in [2.05, 4.69) is 4.98 Å². The summed E-state index contributed by atoms with van der Waals surface area (Å²) >= 11 is 0. The zero-order chi connectivity index (χ0) is 13.7. The van der Waals surface area contributed by atoms with E-state index < -0.39 is 40.6 Å². The second kappa shape index (κ2) is 3.59. The Morgan fingerprint density at radius 2 is 1.50 bits per heavy atom. The molecule has 2 nitrogen and oxygen atoms in total. The summed E-state index contributed by atoms with van der Waals surface area (Å²) in [7, 11) is 0. The second-order valence-electron chi connectivity index (χ2n) is 3.44. The molecule has 0 saturated carbocycles. The molecule has 0 aliphatic rings. The summed E-state index contributed by atoms with van der Waals surface area (Å²) in [4.78, 5) is 4.54. The first-order valence-electron chi connectivity index (χ1n) is 4.42. The van der Waals surface area contributed by atoms with Crippen molar-refractivity contribution >= 4 is 11.0 Å². The van der Waals surface area contributed by atoms with Gasteiger partial charge in [0.05, 0.1) is 11.0 Å². The van der Waals surface area contributed by atoms with Gasteiger partial charge in [-0.15, -0.1) is 0 Å². The lowest BCUT2D eigenvalue weighted by atomic mass is 10.3. The van der Waals surface area contributed by atoms with Crippen LogP contribution in [-0.2, 0) is 5.92 Å². The number of nitrogens with zero attached hydrogens (tertiary/aromatic N) is 1. The van der Waals surface area contributed by atoms with E-state index >= 15 is 0 Å². The highest BCUT2D eigenvalue weighted by atomic mass is 19.4. The molecule has 0 saturated heterocycles. The monoisotopic (exact) mass is 272 g/mol. The number of alkyl halides is 5. The minimum absolute atomic E-state index is 0.428. The number of aromatic amines is 1. The molecule has 0 aliphatic carbocycles. The van der Waals surface area contributed by atoms with Crippen LogP contribution >= 0.6 is 0 Å². The maximum absolute atomic E-state index is 12.9. The molecule has 0 spiro atoms. The van der Waals surface area contributed by atoms with Crippen molar-refractivity contribution < 1.29 is 30.7 Å². The third kappa shape index (κ3) is 1.79. The van der Waals surface area contributed by atoms with E-state index in [1.165, 1.54) is 0 Å². The molecule has 9 heteroatoms. The minimum Gasteiger partial charge on any atom is -0.336 e. The van der Waals surface area contributed by atoms with Crippen molar-refractivity contribution in [3.8, 4) is 0 Å². The van der Waals surface area contributed by atoms with E-state index in [0.717, 1.165) is 0 Å². The summed E-state index contributed by atoms with van der Waals surface area (Å²) < 4.78 is 87.4. The van der Waals surface area contributed by atoms with E-state index in [0.29, 0.717) is 12.1 Å². The summed E-state index contributed by atoms with van der Waals surface area (Å²) in [5.41, 5.74) is -0.972. The Morgan fingerprint density at radius 1 is 0.944 bits per heavy atom. The van der Waals surface area contributed by atoms with Crippen LogP contribution in [0.5, 0.6) is 0 Å². The molecule has 1 heterocycles. The maximum atomic E-state index is 12.9. The SMILES string of the molecule is Fc1cc2nc(C(F)(F)C(F)(F)F)[nH]c2cc1F. The van der Waals surface area contributed by atoms with E-state index in [1.54, 1.807) is 4.98 Å². The van der Waals surface area contributed by atoms with Gasteiger partial charge in [0.2, 0.25) is 0 Å². The van der Waals surface area contributed by atoms with Gasteiger partial charge in [0, 0.05) is 12.1 Å². The average Bonchev–Trinajstić information content (AvgIpc) is 2.60. The van der Waals surface area contributed by atoms with Gasteiger partial charge in [-0.25, -0.2) is 13.8 Å². The van der Waals surface area contributed by atoms with Crippen LogP contribution in [0.2, 0.25) is 0 Å². The van der Waals surface area contributed by atoms with Gasteiger partial charge < -0.3 is 4.98 Å². The molecule has 1 aromatic carbocycles. The molecule has 0 unspecified atom stereocenters. The molecule has 0 atom stereocenters. The number of fused-ring (bicyclic) bond motifs is 1. The number of imidazole rings is 1. The fourth-order valence-corrected chi connectivity index (χ4v) is 1.29. The molecular weight excluding hydrogens is 269 g/mol. The normalized spacial score (nSPS) is 13.3. The molecule has 0 aliphatic heterocycles. The molecule has 2 rings (SSSR count).